The van der Waals surface area contributed by atoms with Crippen molar-refractivity contribution in [1.82, 2.24) is 0 Å². The highest BCUT2D eigenvalue weighted by molar-refractivity contribution is 6.03. The van der Waals surface area contributed by atoms with Gasteiger partial charge in [0, 0.05) is 12.1 Å². The Morgan fingerprint density at radius 1 is 0.950 bits per heavy atom. The number of nitrogens with two attached hydrogens (primary N) is 1. The van der Waals surface area contributed by atoms with Crippen molar-refractivity contribution >= 4 is 27.5 Å². The summed E-state index contributed by atoms with van der Waals surface area (Å²) in [6.45, 7) is 0. The Labute approximate surface area is 114 Å². The number of aromatic nitrogens is 1. The third-order valence-electron chi connectivity index (χ3n) is 3.11. The highest BCUT2D eigenvalue weighted by Crippen LogP contribution is 2.25. The first kappa shape index (κ1) is 13.5. The zero-order chi connectivity index (χ0) is 14.7. The van der Waals surface area contributed by atoms with Gasteiger partial charge >= 0.3 is 0 Å². The van der Waals surface area contributed by atoms with Crippen LogP contribution in [0.15, 0.2) is 48.5 Å². The topological polar surface area (TPSA) is 96.1 Å². The van der Waals surface area contributed by atoms with Crippen molar-refractivity contribution in [3.63, 3.8) is 0 Å². The minimum atomic E-state index is -1.75. The molecule has 0 aliphatic rings. The zero-order valence-electron chi connectivity index (χ0n) is 10.8. The predicted octanol–water partition coefficient (Wildman–Crippen LogP) is 2.16. The van der Waals surface area contributed by atoms with Crippen molar-refractivity contribution in [2.45, 2.75) is 0 Å². The molecule has 0 atom stereocenters. The van der Waals surface area contributed by atoms with Crippen LogP contribution in [-0.4, -0.2) is 5.09 Å². The first-order valence-corrected chi connectivity index (χ1v) is 5.89. The lowest BCUT2D eigenvalue weighted by molar-refractivity contribution is -0.617. The van der Waals surface area contributed by atoms with Crippen molar-refractivity contribution in [1.29, 1.82) is 0 Å². The molecule has 0 unspecified atom stereocenters. The Morgan fingerprint density at radius 2 is 1.30 bits per heavy atom. The molecule has 0 fully saturated rings. The average Bonchev–Trinajstić information content (AvgIpc) is 2.44. The molecule has 0 saturated carbocycles. The summed E-state index contributed by atoms with van der Waals surface area (Å²) in [7, 11) is 2.07. The van der Waals surface area contributed by atoms with Crippen molar-refractivity contribution in [3.8, 4) is 0 Å². The van der Waals surface area contributed by atoms with Gasteiger partial charge in [-0.3, -0.25) is 0 Å². The number of anilines is 1. The fourth-order valence-corrected chi connectivity index (χ4v) is 2.26. The number of aryl methyl sites for hydroxylation is 1. The summed E-state index contributed by atoms with van der Waals surface area (Å²) in [5, 5.41) is 17.0. The Morgan fingerprint density at radius 3 is 1.70 bits per heavy atom. The van der Waals surface area contributed by atoms with E-state index in [1.165, 1.54) is 11.0 Å². The van der Waals surface area contributed by atoms with E-state index in [9.17, 15) is 0 Å². The first-order chi connectivity index (χ1) is 9.52. The SMILES string of the molecule is C[n+]1c2ccccc2c(N)c2ccccc21.O=[N+]([O-])[O-]. The minimum Gasteiger partial charge on any atom is -0.397 e. The van der Waals surface area contributed by atoms with Gasteiger partial charge in [0.1, 0.15) is 7.05 Å². The minimum absolute atomic E-state index is 0.865. The van der Waals surface area contributed by atoms with E-state index < -0.39 is 5.09 Å². The summed E-state index contributed by atoms with van der Waals surface area (Å²) < 4.78 is 2.18. The number of benzene rings is 2. The maximum atomic E-state index is 8.25. The molecule has 1 heterocycles. The van der Waals surface area contributed by atoms with Crippen LogP contribution in [0.5, 0.6) is 0 Å². The molecular formula is C14H13N3O3. The van der Waals surface area contributed by atoms with Gasteiger partial charge in [-0.1, -0.05) is 24.3 Å². The van der Waals surface area contributed by atoms with Crippen LogP contribution in [0.3, 0.4) is 0 Å². The molecule has 102 valence electrons. The van der Waals surface area contributed by atoms with E-state index in [4.69, 9.17) is 21.1 Å². The quantitative estimate of drug-likeness (QED) is 0.293. The number of pyridine rings is 1. The van der Waals surface area contributed by atoms with Gasteiger partial charge in [0.15, 0.2) is 0 Å². The van der Waals surface area contributed by atoms with Gasteiger partial charge in [-0.15, -0.1) is 0 Å². The van der Waals surface area contributed by atoms with Gasteiger partial charge in [0.25, 0.3) is 0 Å². The summed E-state index contributed by atoms with van der Waals surface area (Å²) in [6, 6.07) is 16.4. The Hall–Kier alpha value is -2.89. The molecule has 0 aliphatic carbocycles. The molecule has 6 heteroatoms. The summed E-state index contributed by atoms with van der Waals surface area (Å²) in [5.41, 5.74) is 9.41. The summed E-state index contributed by atoms with van der Waals surface area (Å²) in [5.74, 6) is 0. The van der Waals surface area contributed by atoms with Crippen LogP contribution in [0.1, 0.15) is 0 Å². The number of fused-ring (bicyclic) bond motifs is 2. The second-order valence-electron chi connectivity index (χ2n) is 4.23. The van der Waals surface area contributed by atoms with E-state index in [1.807, 2.05) is 24.3 Å². The molecule has 0 bridgehead atoms. The van der Waals surface area contributed by atoms with Crippen LogP contribution >= 0.6 is 0 Å². The van der Waals surface area contributed by atoms with E-state index in [0.717, 1.165) is 16.5 Å². The average molecular weight is 271 g/mol. The lowest BCUT2D eigenvalue weighted by Gasteiger charge is -2.05. The second-order valence-corrected chi connectivity index (χ2v) is 4.23. The predicted molar refractivity (Wildman–Crippen MR) is 77.4 cm³/mol. The molecule has 0 spiro atoms. The fourth-order valence-electron chi connectivity index (χ4n) is 2.26. The molecule has 6 nitrogen and oxygen atoms in total. The summed E-state index contributed by atoms with van der Waals surface area (Å²) in [4.78, 5) is 8.25. The molecule has 0 saturated heterocycles. The molecule has 0 aliphatic heterocycles. The fraction of sp³-hybridized carbons (Fsp3) is 0.0714. The van der Waals surface area contributed by atoms with Crippen LogP contribution < -0.4 is 10.3 Å². The van der Waals surface area contributed by atoms with E-state index in [2.05, 4.69) is 35.9 Å². The lowest BCUT2D eigenvalue weighted by atomic mass is 10.1. The number of para-hydroxylation sites is 2. The largest absolute Gasteiger partial charge is 0.397 e. The Balaban J connectivity index is 0.000000328. The van der Waals surface area contributed by atoms with E-state index in [-0.39, 0.29) is 0 Å². The van der Waals surface area contributed by atoms with E-state index >= 15 is 0 Å². The van der Waals surface area contributed by atoms with E-state index in [1.54, 1.807) is 0 Å². The maximum Gasteiger partial charge on any atom is 0.214 e. The van der Waals surface area contributed by atoms with Gasteiger partial charge in [-0.25, -0.2) is 0 Å². The normalized spacial score (nSPS) is 10.1. The van der Waals surface area contributed by atoms with Crippen LogP contribution in [0.25, 0.3) is 21.8 Å². The van der Waals surface area contributed by atoms with E-state index in [0.29, 0.717) is 0 Å². The number of nitrogen functional groups attached to an aromatic ring is 1. The number of hydrogen-bond acceptors (Lipinski definition) is 4. The number of hydrogen-bond donors (Lipinski definition) is 1. The highest BCUT2D eigenvalue weighted by atomic mass is 16.9. The maximum absolute atomic E-state index is 8.25. The van der Waals surface area contributed by atoms with Crippen LogP contribution in [0.2, 0.25) is 0 Å². The lowest BCUT2D eigenvalue weighted by Crippen LogP contribution is -2.30. The molecule has 1 aromatic heterocycles. The summed E-state index contributed by atoms with van der Waals surface area (Å²) >= 11 is 0. The Bertz CT molecular complexity index is 666. The van der Waals surface area contributed by atoms with Crippen LogP contribution in [0.4, 0.5) is 5.69 Å². The summed E-state index contributed by atoms with van der Waals surface area (Å²) in [6.07, 6.45) is 0. The van der Waals surface area contributed by atoms with Crippen molar-refractivity contribution in [3.05, 3.63) is 63.9 Å². The molecule has 0 radical (unpaired) electrons. The van der Waals surface area contributed by atoms with Gasteiger partial charge in [0.2, 0.25) is 11.0 Å². The number of rotatable bonds is 0. The van der Waals surface area contributed by atoms with Crippen molar-refractivity contribution < 1.29 is 9.65 Å². The molecule has 2 N–H and O–H groups in total. The zero-order valence-corrected chi connectivity index (χ0v) is 10.8. The highest BCUT2D eigenvalue weighted by Gasteiger charge is 2.14. The van der Waals surface area contributed by atoms with Gasteiger partial charge in [0.05, 0.1) is 21.5 Å². The molecule has 3 rings (SSSR count). The van der Waals surface area contributed by atoms with Gasteiger partial charge in [-0.05, 0) is 12.1 Å². The Kier molecular flexibility index (Phi) is 3.65. The van der Waals surface area contributed by atoms with Crippen molar-refractivity contribution in [2.24, 2.45) is 7.05 Å². The van der Waals surface area contributed by atoms with Gasteiger partial charge < -0.3 is 21.1 Å². The van der Waals surface area contributed by atoms with Gasteiger partial charge in [-0.2, -0.15) is 4.57 Å². The molecule has 20 heavy (non-hydrogen) atoms. The molecule has 2 aromatic carbocycles. The van der Waals surface area contributed by atoms with Crippen LogP contribution in [-0.2, 0) is 7.05 Å². The third-order valence-corrected chi connectivity index (χ3v) is 3.11. The third kappa shape index (κ3) is 2.44. The molecule has 3 aromatic rings. The molecule has 0 amide bonds. The van der Waals surface area contributed by atoms with Crippen molar-refractivity contribution in [2.75, 3.05) is 5.73 Å². The standard InChI is InChI=1S/C14H12N2.NO3/c1-16-12-8-4-2-6-10(12)14(15)11-7-3-5-9-13(11)16;2-1(3)4/h2-9,15H,1H3;/q;-1/p+1. The first-order valence-electron chi connectivity index (χ1n) is 5.89. The second kappa shape index (κ2) is 5.40. The smallest absolute Gasteiger partial charge is 0.214 e. The van der Waals surface area contributed by atoms with Crippen LogP contribution in [0, 0.1) is 15.3 Å². The molecular weight excluding hydrogens is 258 g/mol. The number of nitrogens with zero attached hydrogens (tertiary/aromatic N) is 2. The monoisotopic (exact) mass is 271 g/mol.